The third kappa shape index (κ3) is 3.51. The molecule has 1 aromatic rings. The number of hydrogen-bond acceptors (Lipinski definition) is 5. The Balaban J connectivity index is 2.03. The van der Waals surface area contributed by atoms with Crippen LogP contribution in [-0.2, 0) is 11.3 Å². The van der Waals surface area contributed by atoms with Crippen LogP contribution in [0, 0.1) is 11.3 Å². The molecule has 3 N–H and O–H groups in total. The molecule has 1 heterocycles. The van der Waals surface area contributed by atoms with Crippen LogP contribution < -0.4 is 11.3 Å². The van der Waals surface area contributed by atoms with Crippen LogP contribution in [0.3, 0.4) is 0 Å². The minimum atomic E-state index is -0.371. The van der Waals surface area contributed by atoms with E-state index in [-0.39, 0.29) is 12.0 Å². The van der Waals surface area contributed by atoms with Crippen LogP contribution in [0.15, 0.2) is 24.3 Å². The molecule has 19 heavy (non-hydrogen) atoms. The molecule has 1 saturated heterocycles. The molecule has 1 atom stereocenters. The van der Waals surface area contributed by atoms with Crippen LogP contribution in [0.25, 0.3) is 0 Å². The molecular formula is C13H16N4O2. The molecule has 1 unspecified atom stereocenters. The van der Waals surface area contributed by atoms with Gasteiger partial charge in [-0.25, -0.2) is 5.84 Å². The first-order valence-corrected chi connectivity index (χ1v) is 6.06. The van der Waals surface area contributed by atoms with E-state index in [1.807, 2.05) is 12.1 Å². The van der Waals surface area contributed by atoms with E-state index in [9.17, 15) is 4.79 Å². The number of hydrazine groups is 1. The van der Waals surface area contributed by atoms with Crippen molar-refractivity contribution in [2.45, 2.75) is 12.6 Å². The van der Waals surface area contributed by atoms with E-state index in [2.05, 4.69) is 16.4 Å². The Kier molecular flexibility index (Phi) is 4.47. The minimum absolute atomic E-state index is 0.307. The maximum Gasteiger partial charge on any atom is 0.265 e. The Morgan fingerprint density at radius 3 is 3.21 bits per heavy atom. The van der Waals surface area contributed by atoms with E-state index in [0.29, 0.717) is 25.3 Å². The van der Waals surface area contributed by atoms with Gasteiger partial charge in [0.25, 0.3) is 5.91 Å². The number of nitrogens with two attached hydrogens (primary N) is 1. The van der Waals surface area contributed by atoms with E-state index in [0.717, 1.165) is 12.1 Å². The molecule has 0 aliphatic carbocycles. The van der Waals surface area contributed by atoms with Crippen molar-refractivity contribution >= 4 is 5.91 Å². The fraction of sp³-hybridized carbons (Fsp3) is 0.385. The van der Waals surface area contributed by atoms with Crippen LogP contribution in [0.1, 0.15) is 15.9 Å². The molecule has 0 aromatic heterocycles. The molecule has 100 valence electrons. The summed E-state index contributed by atoms with van der Waals surface area (Å²) >= 11 is 0. The van der Waals surface area contributed by atoms with Gasteiger partial charge in [-0.05, 0) is 17.7 Å². The van der Waals surface area contributed by atoms with Gasteiger partial charge in [-0.3, -0.25) is 15.1 Å². The molecule has 0 radical (unpaired) electrons. The van der Waals surface area contributed by atoms with Crippen molar-refractivity contribution in [3.8, 4) is 6.07 Å². The minimum Gasteiger partial charge on any atom is -0.361 e. The van der Waals surface area contributed by atoms with E-state index in [4.69, 9.17) is 15.8 Å². The van der Waals surface area contributed by atoms with Gasteiger partial charge >= 0.3 is 0 Å². The number of hydrogen-bond donors (Lipinski definition) is 2. The number of carbonyl (C=O) groups excluding carboxylic acids is 1. The van der Waals surface area contributed by atoms with E-state index in [1.54, 1.807) is 12.1 Å². The first-order valence-electron chi connectivity index (χ1n) is 6.06. The SMILES string of the molecule is N#CC1CN(Cc2cccc(C(=O)NN)c2)CCO1. The summed E-state index contributed by atoms with van der Waals surface area (Å²) in [5.41, 5.74) is 3.66. The first kappa shape index (κ1) is 13.5. The fourth-order valence-corrected chi connectivity index (χ4v) is 2.08. The lowest BCUT2D eigenvalue weighted by Crippen LogP contribution is -2.41. The predicted molar refractivity (Wildman–Crippen MR) is 68.7 cm³/mol. The van der Waals surface area contributed by atoms with Gasteiger partial charge in [0, 0.05) is 25.2 Å². The molecule has 6 nitrogen and oxygen atoms in total. The van der Waals surface area contributed by atoms with Crippen LogP contribution in [-0.4, -0.2) is 36.6 Å². The number of rotatable bonds is 3. The zero-order valence-corrected chi connectivity index (χ0v) is 10.5. The highest BCUT2D eigenvalue weighted by molar-refractivity contribution is 5.93. The number of amides is 1. The lowest BCUT2D eigenvalue weighted by molar-refractivity contribution is -0.00270. The normalized spacial score (nSPS) is 19.7. The van der Waals surface area contributed by atoms with Crippen LogP contribution in [0.2, 0.25) is 0 Å². The molecule has 1 aromatic carbocycles. The molecule has 0 bridgehead atoms. The summed E-state index contributed by atoms with van der Waals surface area (Å²) < 4.78 is 5.29. The highest BCUT2D eigenvalue weighted by atomic mass is 16.5. The lowest BCUT2D eigenvalue weighted by atomic mass is 10.1. The monoisotopic (exact) mass is 260 g/mol. The number of nitrogens with zero attached hydrogens (tertiary/aromatic N) is 2. The Morgan fingerprint density at radius 2 is 2.47 bits per heavy atom. The van der Waals surface area contributed by atoms with Gasteiger partial charge in [0.2, 0.25) is 0 Å². The summed E-state index contributed by atoms with van der Waals surface area (Å²) in [6, 6.07) is 9.40. The van der Waals surface area contributed by atoms with Crippen molar-refractivity contribution in [2.24, 2.45) is 5.84 Å². The van der Waals surface area contributed by atoms with E-state index in [1.165, 1.54) is 0 Å². The highest BCUT2D eigenvalue weighted by Gasteiger charge is 2.20. The molecule has 6 heteroatoms. The molecule has 1 aliphatic rings. The molecule has 2 rings (SSSR count). The fourth-order valence-electron chi connectivity index (χ4n) is 2.08. The maximum atomic E-state index is 11.4. The maximum absolute atomic E-state index is 11.4. The van der Waals surface area contributed by atoms with Crippen LogP contribution >= 0.6 is 0 Å². The van der Waals surface area contributed by atoms with Crippen molar-refractivity contribution in [1.82, 2.24) is 10.3 Å². The van der Waals surface area contributed by atoms with E-state index < -0.39 is 0 Å². The standard InChI is InChI=1S/C13H16N4O2/c14-7-12-9-17(4-5-19-12)8-10-2-1-3-11(6-10)13(18)16-15/h1-3,6,12H,4-5,8-9,15H2,(H,16,18). The molecule has 0 saturated carbocycles. The summed E-state index contributed by atoms with van der Waals surface area (Å²) in [6.45, 7) is 2.61. The van der Waals surface area contributed by atoms with Crippen LogP contribution in [0.5, 0.6) is 0 Å². The number of ether oxygens (including phenoxy) is 1. The van der Waals surface area contributed by atoms with Gasteiger partial charge in [-0.15, -0.1) is 0 Å². The van der Waals surface area contributed by atoms with Gasteiger partial charge in [-0.2, -0.15) is 5.26 Å². The summed E-state index contributed by atoms with van der Waals surface area (Å²) in [4.78, 5) is 13.6. The van der Waals surface area contributed by atoms with Crippen molar-refractivity contribution in [2.75, 3.05) is 19.7 Å². The van der Waals surface area contributed by atoms with Crippen molar-refractivity contribution < 1.29 is 9.53 Å². The molecule has 1 aliphatic heterocycles. The third-order valence-corrected chi connectivity index (χ3v) is 3.02. The Hall–Kier alpha value is -1.94. The van der Waals surface area contributed by atoms with Gasteiger partial charge in [-0.1, -0.05) is 12.1 Å². The number of nitriles is 1. The van der Waals surface area contributed by atoms with Gasteiger partial charge < -0.3 is 4.74 Å². The summed E-state index contributed by atoms with van der Waals surface area (Å²) in [5, 5.41) is 8.86. The number of nitrogen functional groups attached to an aromatic ring is 1. The quantitative estimate of drug-likeness (QED) is 0.454. The average Bonchev–Trinajstić information content (AvgIpc) is 2.47. The predicted octanol–water partition coefficient (Wildman–Crippen LogP) is 0.0145. The number of carbonyl (C=O) groups is 1. The molecule has 1 amide bonds. The van der Waals surface area contributed by atoms with Crippen molar-refractivity contribution in [1.29, 1.82) is 5.26 Å². The number of morpholine rings is 1. The van der Waals surface area contributed by atoms with Gasteiger partial charge in [0.15, 0.2) is 6.10 Å². The second-order valence-electron chi connectivity index (χ2n) is 4.40. The van der Waals surface area contributed by atoms with Crippen LogP contribution in [0.4, 0.5) is 0 Å². The zero-order chi connectivity index (χ0) is 13.7. The van der Waals surface area contributed by atoms with Crippen molar-refractivity contribution in [3.05, 3.63) is 35.4 Å². The third-order valence-electron chi connectivity index (χ3n) is 3.02. The highest BCUT2D eigenvalue weighted by Crippen LogP contribution is 2.12. The number of nitrogens with one attached hydrogen (secondary N) is 1. The smallest absolute Gasteiger partial charge is 0.265 e. The second kappa shape index (κ2) is 6.29. The largest absolute Gasteiger partial charge is 0.361 e. The second-order valence-corrected chi connectivity index (χ2v) is 4.40. The summed E-state index contributed by atoms with van der Waals surface area (Å²) in [6.07, 6.45) is -0.371. The Morgan fingerprint density at radius 1 is 1.63 bits per heavy atom. The molecular weight excluding hydrogens is 244 g/mol. The van der Waals surface area contributed by atoms with Gasteiger partial charge in [0.05, 0.1) is 12.7 Å². The van der Waals surface area contributed by atoms with Crippen molar-refractivity contribution in [3.63, 3.8) is 0 Å². The summed E-state index contributed by atoms with van der Waals surface area (Å²) in [5.74, 6) is 4.81. The zero-order valence-electron chi connectivity index (χ0n) is 10.5. The first-order chi connectivity index (χ1) is 9.22. The lowest BCUT2D eigenvalue weighted by Gasteiger charge is -2.29. The van der Waals surface area contributed by atoms with Gasteiger partial charge in [0.1, 0.15) is 0 Å². The molecule has 0 spiro atoms. The Labute approximate surface area is 111 Å². The Bertz CT molecular complexity index is 498. The van der Waals surface area contributed by atoms with E-state index >= 15 is 0 Å². The topological polar surface area (TPSA) is 91.4 Å². The number of benzene rings is 1. The summed E-state index contributed by atoms with van der Waals surface area (Å²) in [7, 11) is 0. The molecule has 1 fully saturated rings. The average molecular weight is 260 g/mol.